The first-order valence-electron chi connectivity index (χ1n) is 10.4. The number of hydrogen-bond acceptors (Lipinski definition) is 3. The van der Waals surface area contributed by atoms with Gasteiger partial charge in [-0.1, -0.05) is 30.3 Å². The molecule has 1 aliphatic carbocycles. The quantitative estimate of drug-likeness (QED) is 0.461. The van der Waals surface area contributed by atoms with Gasteiger partial charge in [0.05, 0.1) is 40.3 Å². The molecule has 2 aromatic heterocycles. The summed E-state index contributed by atoms with van der Waals surface area (Å²) in [5.74, 6) is -0.242. The molecule has 0 unspecified atom stereocenters. The predicted molar refractivity (Wildman–Crippen MR) is 117 cm³/mol. The molecule has 3 aromatic rings. The Hall–Kier alpha value is -2.62. The number of carbonyl (C=O) groups excluding carboxylic acids is 1. The van der Waals surface area contributed by atoms with E-state index in [2.05, 4.69) is 31.4 Å². The zero-order valence-electron chi connectivity index (χ0n) is 17.7. The molecule has 0 aliphatic heterocycles. The van der Waals surface area contributed by atoms with Gasteiger partial charge < -0.3 is 5.32 Å². The van der Waals surface area contributed by atoms with Crippen molar-refractivity contribution < 1.29 is 18.0 Å². The highest BCUT2D eigenvalue weighted by Crippen LogP contribution is 2.47. The minimum Gasteiger partial charge on any atom is -0.323 e. The van der Waals surface area contributed by atoms with E-state index in [1.165, 1.54) is 4.68 Å². The molecular weight excluding hydrogens is 487 g/mol. The molecule has 2 heterocycles. The average molecular weight is 510 g/mol. The van der Waals surface area contributed by atoms with E-state index in [-0.39, 0.29) is 29.3 Å². The number of alkyl halides is 3. The Labute approximate surface area is 191 Å². The van der Waals surface area contributed by atoms with Gasteiger partial charge in [-0.25, -0.2) is 0 Å². The van der Waals surface area contributed by atoms with Crippen molar-refractivity contribution in [1.29, 1.82) is 0 Å². The third kappa shape index (κ3) is 4.74. The molecule has 0 spiro atoms. The average Bonchev–Trinajstić information content (AvgIpc) is 3.46. The smallest absolute Gasteiger partial charge is 0.323 e. The van der Waals surface area contributed by atoms with Crippen molar-refractivity contribution in [2.75, 3.05) is 5.32 Å². The van der Waals surface area contributed by atoms with Gasteiger partial charge in [0.25, 0.3) is 0 Å². The summed E-state index contributed by atoms with van der Waals surface area (Å²) in [7, 11) is 0. The molecule has 1 aliphatic rings. The lowest BCUT2D eigenvalue weighted by atomic mass is 10.2. The molecule has 6 nitrogen and oxygen atoms in total. The number of nitrogens with one attached hydrogen (secondary N) is 1. The van der Waals surface area contributed by atoms with Crippen LogP contribution in [0.3, 0.4) is 0 Å². The summed E-state index contributed by atoms with van der Waals surface area (Å²) in [6.45, 7) is 4.34. The van der Waals surface area contributed by atoms with Crippen molar-refractivity contribution in [3.05, 3.63) is 63.1 Å². The molecule has 32 heavy (non-hydrogen) atoms. The number of halogens is 4. The molecule has 1 N–H and O–H groups in total. The first kappa shape index (κ1) is 22.6. The fraction of sp³-hybridized carbons (Fsp3) is 0.409. The molecule has 1 amide bonds. The Kier molecular flexibility index (Phi) is 6.15. The van der Waals surface area contributed by atoms with E-state index in [4.69, 9.17) is 0 Å². The van der Waals surface area contributed by atoms with Crippen molar-refractivity contribution in [2.24, 2.45) is 0 Å². The van der Waals surface area contributed by atoms with Gasteiger partial charge in [0.2, 0.25) is 5.91 Å². The SMILES string of the molecule is Cc1nn(Cc2ccccc2)c(C)c1NC(=O)CCn1nc(C(F)(F)F)c(Br)c1C1CC1. The van der Waals surface area contributed by atoms with Gasteiger partial charge in [-0.3, -0.25) is 14.2 Å². The van der Waals surface area contributed by atoms with Crippen LogP contribution in [0.25, 0.3) is 0 Å². The Morgan fingerprint density at radius 2 is 1.84 bits per heavy atom. The summed E-state index contributed by atoms with van der Waals surface area (Å²) in [6, 6.07) is 9.86. The van der Waals surface area contributed by atoms with Gasteiger partial charge in [0.15, 0.2) is 5.69 Å². The Balaban J connectivity index is 1.45. The molecule has 0 saturated heterocycles. The number of rotatable bonds is 7. The van der Waals surface area contributed by atoms with Crippen LogP contribution in [0.4, 0.5) is 18.9 Å². The summed E-state index contributed by atoms with van der Waals surface area (Å²) in [6.07, 6.45) is -2.88. The van der Waals surface area contributed by atoms with Crippen LogP contribution in [0.15, 0.2) is 34.8 Å². The highest BCUT2D eigenvalue weighted by Gasteiger charge is 2.41. The number of anilines is 1. The van der Waals surface area contributed by atoms with Gasteiger partial charge in [0, 0.05) is 12.3 Å². The van der Waals surface area contributed by atoms with E-state index >= 15 is 0 Å². The number of aromatic nitrogens is 4. The minimum atomic E-state index is -4.54. The standard InChI is InChI=1S/C22H23BrF3N5O/c1-13-19(14(2)31(28-13)12-15-6-4-3-5-7-15)27-17(32)10-11-30-20(16-8-9-16)18(23)21(29-30)22(24,25)26/h3-7,16H,8-12H2,1-2H3,(H,27,32). The number of aryl methyl sites for hydroxylation is 2. The number of amides is 1. The van der Waals surface area contributed by atoms with E-state index in [0.29, 0.717) is 23.6 Å². The van der Waals surface area contributed by atoms with E-state index < -0.39 is 11.9 Å². The summed E-state index contributed by atoms with van der Waals surface area (Å²) in [4.78, 5) is 12.6. The second kappa shape index (κ2) is 8.73. The van der Waals surface area contributed by atoms with Crippen LogP contribution in [0.2, 0.25) is 0 Å². The van der Waals surface area contributed by atoms with Crippen LogP contribution < -0.4 is 5.32 Å². The Morgan fingerprint density at radius 3 is 2.47 bits per heavy atom. The van der Waals surface area contributed by atoms with E-state index in [0.717, 1.165) is 24.1 Å². The highest BCUT2D eigenvalue weighted by atomic mass is 79.9. The number of hydrogen-bond donors (Lipinski definition) is 1. The highest BCUT2D eigenvalue weighted by molar-refractivity contribution is 9.10. The lowest BCUT2D eigenvalue weighted by Gasteiger charge is -2.09. The van der Waals surface area contributed by atoms with Crippen molar-refractivity contribution in [3.8, 4) is 0 Å². The molecule has 0 bridgehead atoms. The van der Waals surface area contributed by atoms with Gasteiger partial charge >= 0.3 is 6.18 Å². The molecule has 1 aromatic carbocycles. The van der Waals surface area contributed by atoms with Gasteiger partial charge in [-0.15, -0.1) is 0 Å². The first-order valence-corrected chi connectivity index (χ1v) is 11.2. The lowest BCUT2D eigenvalue weighted by Crippen LogP contribution is -2.17. The van der Waals surface area contributed by atoms with Crippen LogP contribution in [0.5, 0.6) is 0 Å². The van der Waals surface area contributed by atoms with Crippen LogP contribution >= 0.6 is 15.9 Å². The fourth-order valence-corrected chi connectivity index (χ4v) is 4.58. The maximum Gasteiger partial charge on any atom is 0.436 e. The van der Waals surface area contributed by atoms with E-state index in [1.54, 1.807) is 0 Å². The zero-order chi connectivity index (χ0) is 23.0. The van der Waals surface area contributed by atoms with Crippen LogP contribution in [0, 0.1) is 13.8 Å². The normalized spacial score (nSPS) is 14.1. The number of nitrogens with zero attached hydrogens (tertiary/aromatic N) is 4. The summed E-state index contributed by atoms with van der Waals surface area (Å²) in [5, 5.41) is 11.1. The lowest BCUT2D eigenvalue weighted by molar-refractivity contribution is -0.142. The second-order valence-corrected chi connectivity index (χ2v) is 8.82. The molecule has 1 saturated carbocycles. The fourth-order valence-electron chi connectivity index (χ4n) is 3.75. The van der Waals surface area contributed by atoms with Crippen molar-refractivity contribution in [3.63, 3.8) is 0 Å². The van der Waals surface area contributed by atoms with Crippen LogP contribution in [-0.2, 0) is 24.1 Å². The maximum atomic E-state index is 13.3. The molecule has 0 atom stereocenters. The first-order chi connectivity index (χ1) is 15.1. The van der Waals surface area contributed by atoms with Gasteiger partial charge in [0.1, 0.15) is 0 Å². The van der Waals surface area contributed by atoms with Crippen LogP contribution in [0.1, 0.15) is 53.5 Å². The maximum absolute atomic E-state index is 13.3. The van der Waals surface area contributed by atoms with Crippen molar-refractivity contribution in [1.82, 2.24) is 19.6 Å². The van der Waals surface area contributed by atoms with E-state index in [9.17, 15) is 18.0 Å². The molecule has 4 rings (SSSR count). The third-order valence-corrected chi connectivity index (χ3v) is 6.32. The summed E-state index contributed by atoms with van der Waals surface area (Å²) < 4.78 is 42.9. The largest absolute Gasteiger partial charge is 0.436 e. The topological polar surface area (TPSA) is 64.7 Å². The molecular formula is C22H23BrF3N5O. The Bertz CT molecular complexity index is 1130. The van der Waals surface area contributed by atoms with Crippen molar-refractivity contribution >= 4 is 27.5 Å². The van der Waals surface area contributed by atoms with Gasteiger partial charge in [-0.05, 0) is 48.2 Å². The summed E-state index contributed by atoms with van der Waals surface area (Å²) in [5.41, 5.74) is 2.81. The number of benzene rings is 1. The molecule has 1 fully saturated rings. The van der Waals surface area contributed by atoms with Gasteiger partial charge in [-0.2, -0.15) is 23.4 Å². The molecule has 170 valence electrons. The monoisotopic (exact) mass is 509 g/mol. The molecule has 10 heteroatoms. The van der Waals surface area contributed by atoms with Crippen LogP contribution in [-0.4, -0.2) is 25.5 Å². The van der Waals surface area contributed by atoms with Crippen molar-refractivity contribution in [2.45, 2.75) is 58.3 Å². The minimum absolute atomic E-state index is 0.00782. The predicted octanol–water partition coefficient (Wildman–Crippen LogP) is 5.43. The third-order valence-electron chi connectivity index (χ3n) is 5.54. The Morgan fingerprint density at radius 1 is 1.16 bits per heavy atom. The summed E-state index contributed by atoms with van der Waals surface area (Å²) >= 11 is 3.07. The van der Waals surface area contributed by atoms with E-state index in [1.807, 2.05) is 48.9 Å². The molecule has 0 radical (unpaired) electrons. The number of carbonyl (C=O) groups is 1. The zero-order valence-corrected chi connectivity index (χ0v) is 19.3. The second-order valence-electron chi connectivity index (χ2n) is 8.03.